The third-order valence-electron chi connectivity index (χ3n) is 4.35. The lowest BCUT2D eigenvalue weighted by molar-refractivity contribution is 0.0952. The summed E-state index contributed by atoms with van der Waals surface area (Å²) in [5, 5.41) is 15.8. The molecule has 0 atom stereocenters. The highest BCUT2D eigenvalue weighted by atomic mass is 16.5. The highest BCUT2D eigenvalue weighted by molar-refractivity contribution is 6.01. The molecule has 0 aliphatic carbocycles. The zero-order valence-electron chi connectivity index (χ0n) is 15.4. The van der Waals surface area contributed by atoms with Crippen LogP contribution in [0, 0.1) is 0 Å². The monoisotopic (exact) mass is 382 g/mol. The summed E-state index contributed by atoms with van der Waals surface area (Å²) in [5.41, 5.74) is 3.42. The van der Waals surface area contributed by atoms with Gasteiger partial charge < -0.3 is 9.84 Å². The Balaban J connectivity index is 1.41. The number of fused-ring (bicyclic) bond motifs is 1. The van der Waals surface area contributed by atoms with Crippen LogP contribution in [0.1, 0.15) is 15.9 Å². The molecule has 5 heteroatoms. The first-order chi connectivity index (χ1) is 14.2. The second-order valence-corrected chi connectivity index (χ2v) is 6.40. The van der Waals surface area contributed by atoms with Crippen LogP contribution in [-0.2, 0) is 0 Å². The Kier molecular flexibility index (Phi) is 5.21. The quantitative estimate of drug-likeness (QED) is 0.373. The minimum atomic E-state index is -0.478. The Labute approximate surface area is 167 Å². The van der Waals surface area contributed by atoms with Crippen LogP contribution in [0.25, 0.3) is 10.8 Å². The Morgan fingerprint density at radius 3 is 2.17 bits per heavy atom. The van der Waals surface area contributed by atoms with Gasteiger partial charge in [0.15, 0.2) is 0 Å². The number of nitrogens with zero attached hydrogens (tertiary/aromatic N) is 1. The van der Waals surface area contributed by atoms with Crippen LogP contribution in [0.2, 0.25) is 0 Å². The summed E-state index contributed by atoms with van der Waals surface area (Å²) in [6.07, 6.45) is 1.53. The summed E-state index contributed by atoms with van der Waals surface area (Å²) >= 11 is 0. The molecule has 0 aromatic heterocycles. The molecule has 0 saturated carbocycles. The number of benzene rings is 4. The van der Waals surface area contributed by atoms with E-state index in [1.807, 2.05) is 78.9 Å². The van der Waals surface area contributed by atoms with E-state index in [1.54, 1.807) is 12.1 Å². The molecule has 29 heavy (non-hydrogen) atoms. The van der Waals surface area contributed by atoms with Gasteiger partial charge in [0.1, 0.15) is 17.2 Å². The molecule has 1 amide bonds. The van der Waals surface area contributed by atoms with Gasteiger partial charge in [-0.2, -0.15) is 5.10 Å². The van der Waals surface area contributed by atoms with Crippen molar-refractivity contribution in [3.05, 3.63) is 102 Å². The Morgan fingerprint density at radius 1 is 0.828 bits per heavy atom. The number of carbonyl (C=O) groups is 1. The van der Waals surface area contributed by atoms with Crippen molar-refractivity contribution in [3.63, 3.8) is 0 Å². The van der Waals surface area contributed by atoms with Gasteiger partial charge in [0.25, 0.3) is 5.91 Å². The molecule has 4 aromatic rings. The number of phenolic OH excluding ortho intramolecular Hbond substituents is 1. The SMILES string of the molecule is O=C(N/N=C\c1ccc(Oc2ccccc2)cc1)c1cc2ccccc2cc1O. The Morgan fingerprint density at radius 2 is 1.45 bits per heavy atom. The molecular formula is C24H18N2O3. The van der Waals surface area contributed by atoms with Crippen LogP contribution in [0.15, 0.2) is 96.1 Å². The molecule has 4 rings (SSSR count). The van der Waals surface area contributed by atoms with Gasteiger partial charge in [0.05, 0.1) is 11.8 Å². The van der Waals surface area contributed by atoms with Crippen molar-refractivity contribution in [3.8, 4) is 17.2 Å². The number of phenols is 1. The first-order valence-electron chi connectivity index (χ1n) is 9.07. The maximum absolute atomic E-state index is 12.4. The van der Waals surface area contributed by atoms with Gasteiger partial charge in [-0.15, -0.1) is 0 Å². The van der Waals surface area contributed by atoms with Gasteiger partial charge in [0, 0.05) is 0 Å². The lowest BCUT2D eigenvalue weighted by atomic mass is 10.1. The molecule has 0 fully saturated rings. The van der Waals surface area contributed by atoms with Gasteiger partial charge >= 0.3 is 0 Å². The van der Waals surface area contributed by atoms with E-state index < -0.39 is 5.91 Å². The molecule has 0 saturated heterocycles. The number of hydrogen-bond donors (Lipinski definition) is 2. The van der Waals surface area contributed by atoms with Crippen molar-refractivity contribution in [2.75, 3.05) is 0 Å². The third kappa shape index (κ3) is 4.42. The molecule has 0 unspecified atom stereocenters. The number of carbonyl (C=O) groups excluding carboxylic acids is 1. The van der Waals surface area contributed by atoms with E-state index in [0.717, 1.165) is 22.1 Å². The summed E-state index contributed by atoms with van der Waals surface area (Å²) in [7, 11) is 0. The third-order valence-corrected chi connectivity index (χ3v) is 4.35. The molecule has 0 radical (unpaired) electrons. The van der Waals surface area contributed by atoms with Crippen molar-refractivity contribution >= 4 is 22.9 Å². The first kappa shape index (κ1) is 18.3. The fraction of sp³-hybridized carbons (Fsp3) is 0. The maximum Gasteiger partial charge on any atom is 0.275 e. The molecule has 0 heterocycles. The van der Waals surface area contributed by atoms with E-state index in [2.05, 4.69) is 10.5 Å². The fourth-order valence-corrected chi connectivity index (χ4v) is 2.88. The normalized spacial score (nSPS) is 10.9. The van der Waals surface area contributed by atoms with Gasteiger partial charge in [0.2, 0.25) is 0 Å². The number of aromatic hydroxyl groups is 1. The van der Waals surface area contributed by atoms with Crippen LogP contribution in [0.5, 0.6) is 17.2 Å². The summed E-state index contributed by atoms with van der Waals surface area (Å²) in [6.45, 7) is 0. The second kappa shape index (κ2) is 8.27. The standard InChI is InChI=1S/C24H18N2O3/c27-23-15-19-7-5-4-6-18(19)14-22(23)24(28)26-25-16-17-10-12-21(13-11-17)29-20-8-2-1-3-9-20/h1-16,27H,(H,26,28)/b25-16-. The van der Waals surface area contributed by atoms with Gasteiger partial charge in [-0.3, -0.25) is 4.79 Å². The Hall–Kier alpha value is -4.12. The van der Waals surface area contributed by atoms with Crippen LogP contribution in [0.3, 0.4) is 0 Å². The number of para-hydroxylation sites is 1. The van der Waals surface area contributed by atoms with E-state index in [1.165, 1.54) is 6.21 Å². The van der Waals surface area contributed by atoms with E-state index >= 15 is 0 Å². The smallest absolute Gasteiger partial charge is 0.275 e. The van der Waals surface area contributed by atoms with Crippen molar-refractivity contribution in [2.45, 2.75) is 0 Å². The lowest BCUT2D eigenvalue weighted by Gasteiger charge is -2.06. The number of ether oxygens (including phenoxy) is 1. The fourth-order valence-electron chi connectivity index (χ4n) is 2.88. The van der Waals surface area contributed by atoms with E-state index in [0.29, 0.717) is 5.75 Å². The van der Waals surface area contributed by atoms with Gasteiger partial charge in [-0.05, 0) is 64.9 Å². The molecule has 0 aliphatic heterocycles. The van der Waals surface area contributed by atoms with Crippen LogP contribution in [0.4, 0.5) is 0 Å². The maximum atomic E-state index is 12.4. The number of amides is 1. The molecule has 0 bridgehead atoms. The van der Waals surface area contributed by atoms with E-state index in [4.69, 9.17) is 4.74 Å². The van der Waals surface area contributed by atoms with Crippen molar-refractivity contribution in [2.24, 2.45) is 5.10 Å². The van der Waals surface area contributed by atoms with Crippen molar-refractivity contribution in [1.82, 2.24) is 5.43 Å². The number of hydrogen-bond acceptors (Lipinski definition) is 4. The molecule has 142 valence electrons. The van der Waals surface area contributed by atoms with E-state index in [-0.39, 0.29) is 11.3 Å². The topological polar surface area (TPSA) is 70.9 Å². The highest BCUT2D eigenvalue weighted by Gasteiger charge is 2.11. The predicted molar refractivity (Wildman–Crippen MR) is 114 cm³/mol. The second-order valence-electron chi connectivity index (χ2n) is 6.40. The molecule has 5 nitrogen and oxygen atoms in total. The first-order valence-corrected chi connectivity index (χ1v) is 9.07. The lowest BCUT2D eigenvalue weighted by Crippen LogP contribution is -2.17. The predicted octanol–water partition coefficient (Wildman–Crippen LogP) is 5.10. The summed E-state index contributed by atoms with van der Waals surface area (Å²) in [4.78, 5) is 12.4. The average molecular weight is 382 g/mol. The van der Waals surface area contributed by atoms with Crippen LogP contribution in [-0.4, -0.2) is 17.2 Å². The number of nitrogens with one attached hydrogen (secondary N) is 1. The van der Waals surface area contributed by atoms with Crippen molar-refractivity contribution in [1.29, 1.82) is 0 Å². The number of hydrazone groups is 1. The molecular weight excluding hydrogens is 364 g/mol. The van der Waals surface area contributed by atoms with Crippen LogP contribution < -0.4 is 10.2 Å². The van der Waals surface area contributed by atoms with Gasteiger partial charge in [-0.25, -0.2) is 5.43 Å². The largest absolute Gasteiger partial charge is 0.507 e. The molecule has 2 N–H and O–H groups in total. The molecule has 0 spiro atoms. The summed E-state index contributed by atoms with van der Waals surface area (Å²) in [6, 6.07) is 27.6. The average Bonchev–Trinajstić information content (AvgIpc) is 2.75. The van der Waals surface area contributed by atoms with Crippen LogP contribution >= 0.6 is 0 Å². The highest BCUT2D eigenvalue weighted by Crippen LogP contribution is 2.25. The zero-order valence-corrected chi connectivity index (χ0v) is 15.4. The minimum Gasteiger partial charge on any atom is -0.507 e. The van der Waals surface area contributed by atoms with E-state index in [9.17, 15) is 9.90 Å². The van der Waals surface area contributed by atoms with Crippen molar-refractivity contribution < 1.29 is 14.6 Å². The minimum absolute atomic E-state index is 0.0844. The molecule has 4 aromatic carbocycles. The summed E-state index contributed by atoms with van der Waals surface area (Å²) in [5.74, 6) is 0.905. The molecule has 0 aliphatic rings. The Bertz CT molecular complexity index is 1170. The zero-order chi connectivity index (χ0) is 20.1. The number of rotatable bonds is 5. The van der Waals surface area contributed by atoms with Gasteiger partial charge in [-0.1, -0.05) is 42.5 Å². The summed E-state index contributed by atoms with van der Waals surface area (Å²) < 4.78 is 5.74.